The monoisotopic (exact) mass is 389 g/mol. The molecule has 2 rings (SSSR count). The van der Waals surface area contributed by atoms with E-state index in [4.69, 9.17) is 0 Å². The van der Waals surface area contributed by atoms with Crippen LogP contribution in [-0.4, -0.2) is 26.8 Å². The molecule has 0 unspecified atom stereocenters. The molecule has 27 heavy (non-hydrogen) atoms. The molecule has 2 aromatic rings. The van der Waals surface area contributed by atoms with E-state index in [9.17, 15) is 18.0 Å². The van der Waals surface area contributed by atoms with Gasteiger partial charge in [0.15, 0.2) is 0 Å². The largest absolute Gasteiger partial charge is 0.273 e. The number of carbonyl (C=O) groups is 2. The van der Waals surface area contributed by atoms with Gasteiger partial charge in [-0.15, -0.1) is 0 Å². The topological polar surface area (TPSA) is 104 Å². The molecule has 8 heteroatoms. The van der Waals surface area contributed by atoms with Crippen molar-refractivity contribution in [2.24, 2.45) is 0 Å². The molecule has 0 spiro atoms. The number of sulfonamides is 1. The summed E-state index contributed by atoms with van der Waals surface area (Å²) in [6.07, 6.45) is -0.113. The number of rotatable bonds is 6. The first-order chi connectivity index (χ1) is 12.7. The quantitative estimate of drug-likeness (QED) is 0.655. The van der Waals surface area contributed by atoms with Crippen molar-refractivity contribution in [3.63, 3.8) is 0 Å². The van der Waals surface area contributed by atoms with Crippen molar-refractivity contribution in [2.45, 2.75) is 32.1 Å². The Morgan fingerprint density at radius 3 is 2.19 bits per heavy atom. The maximum atomic E-state index is 12.2. The fourth-order valence-corrected chi connectivity index (χ4v) is 3.35. The van der Waals surface area contributed by atoms with Crippen molar-refractivity contribution in [3.8, 4) is 0 Å². The Bertz CT molecular complexity index is 938. The smallest absolute Gasteiger partial charge is 0.269 e. The van der Waals surface area contributed by atoms with Crippen LogP contribution >= 0.6 is 0 Å². The highest BCUT2D eigenvalue weighted by molar-refractivity contribution is 7.89. The number of benzene rings is 2. The van der Waals surface area contributed by atoms with E-state index in [2.05, 4.69) is 15.6 Å². The van der Waals surface area contributed by atoms with Crippen LogP contribution in [-0.2, 0) is 14.8 Å². The predicted molar refractivity (Wildman–Crippen MR) is 103 cm³/mol. The zero-order chi connectivity index (χ0) is 20.0. The fourth-order valence-electron chi connectivity index (χ4n) is 2.23. The van der Waals surface area contributed by atoms with E-state index in [1.807, 2.05) is 20.8 Å². The van der Waals surface area contributed by atoms with Crippen LogP contribution < -0.4 is 15.6 Å². The Kier molecular flexibility index (Phi) is 6.70. The minimum Gasteiger partial charge on any atom is -0.273 e. The van der Waals surface area contributed by atoms with E-state index in [-0.39, 0.29) is 17.9 Å². The Balaban J connectivity index is 1.80. The lowest BCUT2D eigenvalue weighted by molar-refractivity contribution is -0.121. The Morgan fingerprint density at radius 1 is 0.889 bits per heavy atom. The van der Waals surface area contributed by atoms with E-state index < -0.39 is 21.8 Å². The summed E-state index contributed by atoms with van der Waals surface area (Å²) < 4.78 is 26.9. The third kappa shape index (κ3) is 5.90. The molecule has 0 bridgehead atoms. The second-order valence-corrected chi connectivity index (χ2v) is 8.03. The van der Waals surface area contributed by atoms with E-state index >= 15 is 0 Å². The van der Waals surface area contributed by atoms with Crippen molar-refractivity contribution < 1.29 is 18.0 Å². The molecule has 7 nitrogen and oxygen atoms in total. The summed E-state index contributed by atoms with van der Waals surface area (Å²) in [5, 5.41) is 0. The molecule has 2 aromatic carbocycles. The van der Waals surface area contributed by atoms with Gasteiger partial charge in [0.1, 0.15) is 0 Å². The van der Waals surface area contributed by atoms with Crippen molar-refractivity contribution in [1.29, 1.82) is 0 Å². The SMILES string of the molecule is Cc1ccc(C(=O)NNC(=O)CCNS(=O)(=O)c2ccc(C)c(C)c2)cc1. The van der Waals surface area contributed by atoms with Crippen molar-refractivity contribution >= 4 is 21.8 Å². The fraction of sp³-hybridized carbons (Fsp3) is 0.263. The average Bonchev–Trinajstić information content (AvgIpc) is 2.62. The third-order valence-electron chi connectivity index (χ3n) is 4.06. The van der Waals surface area contributed by atoms with Gasteiger partial charge in [0.25, 0.3) is 5.91 Å². The van der Waals surface area contributed by atoms with Crippen LogP contribution in [0.15, 0.2) is 47.4 Å². The van der Waals surface area contributed by atoms with Gasteiger partial charge in [-0.1, -0.05) is 23.8 Å². The van der Waals surface area contributed by atoms with Gasteiger partial charge in [-0.2, -0.15) is 0 Å². The molecule has 0 saturated carbocycles. The molecular formula is C19H23N3O4S. The number of hydrogen-bond donors (Lipinski definition) is 3. The molecule has 144 valence electrons. The summed E-state index contributed by atoms with van der Waals surface area (Å²) >= 11 is 0. The second-order valence-electron chi connectivity index (χ2n) is 6.26. The number of nitrogens with one attached hydrogen (secondary N) is 3. The molecule has 0 radical (unpaired) electrons. The highest BCUT2D eigenvalue weighted by atomic mass is 32.2. The zero-order valence-corrected chi connectivity index (χ0v) is 16.3. The first-order valence-corrected chi connectivity index (χ1v) is 9.90. The van der Waals surface area contributed by atoms with Gasteiger partial charge in [0, 0.05) is 18.5 Å². The lowest BCUT2D eigenvalue weighted by atomic mass is 10.1. The maximum absolute atomic E-state index is 12.2. The summed E-state index contributed by atoms with van der Waals surface area (Å²) in [6, 6.07) is 11.7. The number of amides is 2. The van der Waals surface area contributed by atoms with Crippen LogP contribution in [0, 0.1) is 20.8 Å². The molecule has 0 aliphatic carbocycles. The summed E-state index contributed by atoms with van der Waals surface area (Å²) in [6.45, 7) is 5.55. The molecule has 0 saturated heterocycles. The minimum absolute atomic E-state index is 0.0819. The van der Waals surface area contributed by atoms with E-state index in [0.717, 1.165) is 16.7 Å². The van der Waals surface area contributed by atoms with Crippen LogP contribution in [0.2, 0.25) is 0 Å². The normalized spacial score (nSPS) is 11.1. The van der Waals surface area contributed by atoms with Crippen LogP contribution in [0.25, 0.3) is 0 Å². The summed E-state index contributed by atoms with van der Waals surface area (Å²) in [4.78, 5) is 23.8. The molecule has 0 aliphatic heterocycles. The average molecular weight is 389 g/mol. The van der Waals surface area contributed by atoms with E-state index in [1.165, 1.54) is 6.07 Å². The molecule has 0 atom stereocenters. The maximum Gasteiger partial charge on any atom is 0.269 e. The van der Waals surface area contributed by atoms with Gasteiger partial charge in [-0.05, 0) is 56.2 Å². The van der Waals surface area contributed by atoms with Crippen molar-refractivity contribution in [3.05, 3.63) is 64.7 Å². The van der Waals surface area contributed by atoms with Gasteiger partial charge in [0.2, 0.25) is 15.9 Å². The van der Waals surface area contributed by atoms with Crippen molar-refractivity contribution in [1.82, 2.24) is 15.6 Å². The van der Waals surface area contributed by atoms with Crippen LogP contribution in [0.4, 0.5) is 0 Å². The summed E-state index contributed by atoms with van der Waals surface area (Å²) in [7, 11) is -3.69. The van der Waals surface area contributed by atoms with Crippen LogP contribution in [0.5, 0.6) is 0 Å². The number of carbonyl (C=O) groups excluding carboxylic acids is 2. The Labute approximate surface area is 159 Å². The molecule has 0 aliphatic rings. The highest BCUT2D eigenvalue weighted by Crippen LogP contribution is 2.14. The van der Waals surface area contributed by atoms with E-state index in [1.54, 1.807) is 36.4 Å². The van der Waals surface area contributed by atoms with Gasteiger partial charge in [-0.3, -0.25) is 20.4 Å². The summed E-state index contributed by atoms with van der Waals surface area (Å²) in [5.74, 6) is -0.947. The Morgan fingerprint density at radius 2 is 1.56 bits per heavy atom. The lowest BCUT2D eigenvalue weighted by Gasteiger charge is -2.10. The molecule has 0 aromatic heterocycles. The number of hydrogen-bond acceptors (Lipinski definition) is 4. The molecular weight excluding hydrogens is 366 g/mol. The van der Waals surface area contributed by atoms with Crippen LogP contribution in [0.3, 0.4) is 0 Å². The molecule has 3 N–H and O–H groups in total. The first-order valence-electron chi connectivity index (χ1n) is 8.42. The van der Waals surface area contributed by atoms with Crippen molar-refractivity contribution in [2.75, 3.05) is 6.54 Å². The molecule has 0 heterocycles. The van der Waals surface area contributed by atoms with Gasteiger partial charge in [-0.25, -0.2) is 13.1 Å². The predicted octanol–water partition coefficient (Wildman–Crippen LogP) is 1.74. The number of aryl methyl sites for hydroxylation is 3. The van der Waals surface area contributed by atoms with Gasteiger partial charge < -0.3 is 0 Å². The van der Waals surface area contributed by atoms with E-state index in [0.29, 0.717) is 5.56 Å². The number of hydrazine groups is 1. The third-order valence-corrected chi connectivity index (χ3v) is 5.52. The second kappa shape index (κ2) is 8.79. The summed E-state index contributed by atoms with van der Waals surface area (Å²) in [5.41, 5.74) is 7.86. The van der Waals surface area contributed by atoms with Gasteiger partial charge >= 0.3 is 0 Å². The standard InChI is InChI=1S/C19H23N3O4S/c1-13-4-7-16(8-5-13)19(24)22-21-18(23)10-11-20-27(25,26)17-9-6-14(2)15(3)12-17/h4-9,12,20H,10-11H2,1-3H3,(H,21,23)(H,22,24). The molecule has 0 fully saturated rings. The highest BCUT2D eigenvalue weighted by Gasteiger charge is 2.15. The first kappa shape index (κ1) is 20.6. The minimum atomic E-state index is -3.69. The molecule has 2 amide bonds. The van der Waals surface area contributed by atoms with Gasteiger partial charge in [0.05, 0.1) is 4.90 Å². The lowest BCUT2D eigenvalue weighted by Crippen LogP contribution is -2.42. The Hall–Kier alpha value is -2.71. The zero-order valence-electron chi connectivity index (χ0n) is 15.5. The van der Waals surface area contributed by atoms with Crippen LogP contribution in [0.1, 0.15) is 33.5 Å².